The first-order chi connectivity index (χ1) is 7.58. The van der Waals surface area contributed by atoms with Gasteiger partial charge in [0.05, 0.1) is 17.6 Å². The molecule has 1 aromatic rings. The summed E-state index contributed by atoms with van der Waals surface area (Å²) in [6.07, 6.45) is 2.13. The van der Waals surface area contributed by atoms with E-state index in [1.54, 1.807) is 0 Å². The van der Waals surface area contributed by atoms with E-state index in [-0.39, 0.29) is 24.2 Å². The van der Waals surface area contributed by atoms with E-state index < -0.39 is 4.92 Å². The molecule has 0 aliphatic heterocycles. The molecule has 0 radical (unpaired) electrons. The molecule has 0 bridgehead atoms. The Bertz CT molecular complexity index is 382. The second-order valence-electron chi connectivity index (χ2n) is 3.21. The third-order valence-corrected chi connectivity index (χ3v) is 2.52. The minimum Gasteiger partial charge on any atom is -0.394 e. The molecule has 1 heterocycles. The van der Waals surface area contributed by atoms with Crippen LogP contribution in [0.2, 0.25) is 0 Å². The number of nitro groups is 1. The number of aromatic nitrogens is 1. The quantitative estimate of drug-likeness (QED) is 0.639. The highest BCUT2D eigenvalue weighted by molar-refractivity contribution is 9.10. The number of halogens is 1. The molecule has 0 saturated carbocycles. The van der Waals surface area contributed by atoms with Gasteiger partial charge in [-0.05, 0) is 22.4 Å². The van der Waals surface area contributed by atoms with E-state index >= 15 is 0 Å². The molecule has 1 rings (SSSR count). The SMILES string of the molecule is CC[C@@H](CO)Nc1ncc(Br)cc1[N+](=O)[O-]. The minimum atomic E-state index is -0.510. The summed E-state index contributed by atoms with van der Waals surface area (Å²) in [5.41, 5.74) is -0.110. The van der Waals surface area contributed by atoms with Gasteiger partial charge in [0.2, 0.25) is 5.82 Å². The van der Waals surface area contributed by atoms with Gasteiger partial charge < -0.3 is 10.4 Å². The number of nitrogens with one attached hydrogen (secondary N) is 1. The number of rotatable bonds is 5. The third-order valence-electron chi connectivity index (χ3n) is 2.08. The molecule has 0 aliphatic carbocycles. The van der Waals surface area contributed by atoms with Crippen molar-refractivity contribution < 1.29 is 10.0 Å². The molecule has 0 aromatic carbocycles. The van der Waals surface area contributed by atoms with E-state index in [2.05, 4.69) is 26.2 Å². The molecular formula is C9H12BrN3O3. The van der Waals surface area contributed by atoms with Crippen molar-refractivity contribution in [3.8, 4) is 0 Å². The zero-order chi connectivity index (χ0) is 12.1. The van der Waals surface area contributed by atoms with Crippen LogP contribution in [0.15, 0.2) is 16.7 Å². The number of pyridine rings is 1. The van der Waals surface area contributed by atoms with E-state index in [0.717, 1.165) is 0 Å². The predicted molar refractivity (Wildman–Crippen MR) is 63.4 cm³/mol. The minimum absolute atomic E-state index is 0.0919. The third kappa shape index (κ3) is 3.14. The van der Waals surface area contributed by atoms with Crippen molar-refractivity contribution in [1.29, 1.82) is 0 Å². The summed E-state index contributed by atoms with van der Waals surface area (Å²) in [4.78, 5) is 14.2. The summed E-state index contributed by atoms with van der Waals surface area (Å²) in [5, 5.41) is 22.6. The number of hydrogen-bond acceptors (Lipinski definition) is 5. The molecule has 16 heavy (non-hydrogen) atoms. The Labute approximate surface area is 101 Å². The van der Waals surface area contributed by atoms with Gasteiger partial charge >= 0.3 is 5.69 Å². The summed E-state index contributed by atoms with van der Waals surface area (Å²) in [6, 6.07) is 1.15. The maximum Gasteiger partial charge on any atom is 0.312 e. The molecule has 2 N–H and O–H groups in total. The Morgan fingerprint density at radius 1 is 1.75 bits per heavy atom. The molecule has 7 heteroatoms. The van der Waals surface area contributed by atoms with Gasteiger partial charge in [-0.15, -0.1) is 0 Å². The standard InChI is InChI=1S/C9H12BrN3O3/c1-2-7(5-14)12-9-8(13(15)16)3-6(10)4-11-9/h3-4,7,14H,2,5H2,1H3,(H,11,12)/t7-/m0/s1. The number of aliphatic hydroxyl groups excluding tert-OH is 1. The summed E-state index contributed by atoms with van der Waals surface area (Å²) in [5.74, 6) is 0.175. The van der Waals surface area contributed by atoms with Crippen molar-refractivity contribution >= 4 is 27.4 Å². The van der Waals surface area contributed by atoms with E-state index in [4.69, 9.17) is 5.11 Å². The van der Waals surface area contributed by atoms with E-state index in [1.165, 1.54) is 12.3 Å². The molecule has 0 fully saturated rings. The van der Waals surface area contributed by atoms with E-state index in [9.17, 15) is 10.1 Å². The maximum absolute atomic E-state index is 10.8. The molecule has 0 spiro atoms. The van der Waals surface area contributed by atoms with Gasteiger partial charge in [-0.25, -0.2) is 4.98 Å². The number of aliphatic hydroxyl groups is 1. The summed E-state index contributed by atoms with van der Waals surface area (Å²) in [7, 11) is 0. The maximum atomic E-state index is 10.8. The lowest BCUT2D eigenvalue weighted by Crippen LogP contribution is -2.23. The van der Waals surface area contributed by atoms with Gasteiger partial charge in [-0.2, -0.15) is 0 Å². The van der Waals surface area contributed by atoms with Gasteiger partial charge in [-0.3, -0.25) is 10.1 Å². The predicted octanol–water partition coefficient (Wildman–Crippen LogP) is 1.94. The average molecular weight is 290 g/mol. The normalized spacial score (nSPS) is 12.2. The summed E-state index contributed by atoms with van der Waals surface area (Å²) in [6.45, 7) is 1.78. The lowest BCUT2D eigenvalue weighted by molar-refractivity contribution is -0.384. The highest BCUT2D eigenvalue weighted by Gasteiger charge is 2.18. The molecule has 0 unspecified atom stereocenters. The Morgan fingerprint density at radius 2 is 2.44 bits per heavy atom. The van der Waals surface area contributed by atoms with Crippen LogP contribution in [0.1, 0.15) is 13.3 Å². The summed E-state index contributed by atoms with van der Waals surface area (Å²) >= 11 is 3.12. The van der Waals surface area contributed by atoms with Crippen LogP contribution in [0.5, 0.6) is 0 Å². The van der Waals surface area contributed by atoms with Gasteiger partial charge in [0.25, 0.3) is 0 Å². The molecule has 88 valence electrons. The van der Waals surface area contributed by atoms with Crippen LogP contribution < -0.4 is 5.32 Å². The van der Waals surface area contributed by atoms with Crippen molar-refractivity contribution in [2.75, 3.05) is 11.9 Å². The molecule has 0 saturated heterocycles. The van der Waals surface area contributed by atoms with Crippen LogP contribution in [-0.4, -0.2) is 27.7 Å². The second kappa shape index (κ2) is 5.76. The van der Waals surface area contributed by atoms with Crippen molar-refractivity contribution in [1.82, 2.24) is 4.98 Å². The van der Waals surface area contributed by atoms with Gasteiger partial charge in [-0.1, -0.05) is 6.92 Å². The van der Waals surface area contributed by atoms with Gasteiger partial charge in [0.1, 0.15) is 0 Å². The first-order valence-electron chi connectivity index (χ1n) is 4.75. The fourth-order valence-electron chi connectivity index (χ4n) is 1.15. The van der Waals surface area contributed by atoms with Gasteiger partial charge in [0.15, 0.2) is 0 Å². The lowest BCUT2D eigenvalue weighted by atomic mass is 10.2. The van der Waals surface area contributed by atoms with Crippen molar-refractivity contribution in [2.45, 2.75) is 19.4 Å². The van der Waals surface area contributed by atoms with Gasteiger partial charge in [0, 0.05) is 16.7 Å². The average Bonchev–Trinajstić information content (AvgIpc) is 2.27. The van der Waals surface area contributed by atoms with Crippen LogP contribution in [0.4, 0.5) is 11.5 Å². The molecule has 1 atom stereocenters. The number of hydrogen-bond donors (Lipinski definition) is 2. The Balaban J connectivity index is 2.98. The molecule has 1 aromatic heterocycles. The van der Waals surface area contributed by atoms with Crippen molar-refractivity contribution in [2.24, 2.45) is 0 Å². The zero-order valence-corrected chi connectivity index (χ0v) is 10.3. The van der Waals surface area contributed by atoms with Crippen LogP contribution in [0, 0.1) is 10.1 Å². The number of nitrogens with zero attached hydrogens (tertiary/aromatic N) is 2. The Hall–Kier alpha value is -1.21. The van der Waals surface area contributed by atoms with E-state index in [1.807, 2.05) is 6.92 Å². The first-order valence-corrected chi connectivity index (χ1v) is 5.55. The summed E-state index contributed by atoms with van der Waals surface area (Å²) < 4.78 is 0.543. The highest BCUT2D eigenvalue weighted by atomic mass is 79.9. The van der Waals surface area contributed by atoms with Crippen LogP contribution in [0.3, 0.4) is 0 Å². The van der Waals surface area contributed by atoms with Crippen LogP contribution in [-0.2, 0) is 0 Å². The molecule has 6 nitrogen and oxygen atoms in total. The first kappa shape index (κ1) is 12.9. The molecular weight excluding hydrogens is 278 g/mol. The van der Waals surface area contributed by atoms with Crippen LogP contribution >= 0.6 is 15.9 Å². The highest BCUT2D eigenvalue weighted by Crippen LogP contribution is 2.25. The topological polar surface area (TPSA) is 88.3 Å². The smallest absolute Gasteiger partial charge is 0.312 e. The largest absolute Gasteiger partial charge is 0.394 e. The second-order valence-corrected chi connectivity index (χ2v) is 4.13. The van der Waals surface area contributed by atoms with E-state index in [0.29, 0.717) is 10.9 Å². The monoisotopic (exact) mass is 289 g/mol. The molecule has 0 amide bonds. The Morgan fingerprint density at radius 3 is 2.94 bits per heavy atom. The zero-order valence-electron chi connectivity index (χ0n) is 8.68. The fourth-order valence-corrected chi connectivity index (χ4v) is 1.47. The fraction of sp³-hybridized carbons (Fsp3) is 0.444. The van der Waals surface area contributed by atoms with Crippen molar-refractivity contribution in [3.63, 3.8) is 0 Å². The van der Waals surface area contributed by atoms with Crippen molar-refractivity contribution in [3.05, 3.63) is 26.9 Å². The molecule has 0 aliphatic rings. The number of anilines is 1. The lowest BCUT2D eigenvalue weighted by Gasteiger charge is -2.14. The van der Waals surface area contributed by atoms with Crippen LogP contribution in [0.25, 0.3) is 0 Å². The Kier molecular flexibility index (Phi) is 4.63.